The van der Waals surface area contributed by atoms with Crippen molar-refractivity contribution in [2.24, 2.45) is 5.41 Å². The molecule has 2 aliphatic rings. The molecule has 3 rings (SSSR count). The van der Waals surface area contributed by atoms with Crippen molar-refractivity contribution in [3.05, 3.63) is 34.3 Å². The SMILES string of the molecule is FC(F)(F)c1cc(Cl)cc(CN2CCC3(CCNC3)C2)c1. The summed E-state index contributed by atoms with van der Waals surface area (Å²) < 4.78 is 38.5. The first-order chi connectivity index (χ1) is 9.86. The topological polar surface area (TPSA) is 15.3 Å². The van der Waals surface area contributed by atoms with E-state index in [9.17, 15) is 13.2 Å². The van der Waals surface area contributed by atoms with Crippen molar-refractivity contribution in [3.8, 4) is 0 Å². The van der Waals surface area contributed by atoms with Gasteiger partial charge in [-0.1, -0.05) is 11.6 Å². The van der Waals surface area contributed by atoms with Gasteiger partial charge < -0.3 is 5.32 Å². The lowest BCUT2D eigenvalue weighted by molar-refractivity contribution is -0.137. The van der Waals surface area contributed by atoms with E-state index in [4.69, 9.17) is 11.6 Å². The van der Waals surface area contributed by atoms with Gasteiger partial charge in [0, 0.05) is 24.7 Å². The van der Waals surface area contributed by atoms with Crippen LogP contribution in [0.1, 0.15) is 24.0 Å². The summed E-state index contributed by atoms with van der Waals surface area (Å²) in [5.74, 6) is 0. The number of nitrogens with zero attached hydrogens (tertiary/aromatic N) is 1. The third-order valence-electron chi connectivity index (χ3n) is 4.54. The van der Waals surface area contributed by atoms with E-state index in [0.717, 1.165) is 45.1 Å². The van der Waals surface area contributed by atoms with Gasteiger partial charge in [-0.25, -0.2) is 0 Å². The zero-order valence-electron chi connectivity index (χ0n) is 11.6. The summed E-state index contributed by atoms with van der Waals surface area (Å²) in [5.41, 5.74) is 0.296. The van der Waals surface area contributed by atoms with Crippen LogP contribution in [-0.4, -0.2) is 31.1 Å². The van der Waals surface area contributed by atoms with Crippen LogP contribution in [0.15, 0.2) is 18.2 Å². The molecule has 2 fully saturated rings. The zero-order chi connectivity index (χ0) is 15.1. The quantitative estimate of drug-likeness (QED) is 0.897. The van der Waals surface area contributed by atoms with Gasteiger partial charge in [-0.15, -0.1) is 0 Å². The fourth-order valence-electron chi connectivity index (χ4n) is 3.47. The second-order valence-corrected chi connectivity index (χ2v) is 6.67. The molecule has 0 aliphatic carbocycles. The van der Waals surface area contributed by atoms with E-state index in [2.05, 4.69) is 10.2 Å². The first-order valence-corrected chi connectivity index (χ1v) is 7.54. The maximum Gasteiger partial charge on any atom is 0.416 e. The van der Waals surface area contributed by atoms with Gasteiger partial charge in [0.05, 0.1) is 5.56 Å². The molecule has 6 heteroatoms. The molecule has 2 saturated heterocycles. The van der Waals surface area contributed by atoms with Gasteiger partial charge in [0.15, 0.2) is 0 Å². The van der Waals surface area contributed by atoms with Crippen LogP contribution in [0.25, 0.3) is 0 Å². The molecular formula is C15H18ClF3N2. The number of alkyl halides is 3. The lowest BCUT2D eigenvalue weighted by Crippen LogP contribution is -2.29. The molecule has 0 amide bonds. The zero-order valence-corrected chi connectivity index (χ0v) is 12.4. The number of hydrogen-bond donors (Lipinski definition) is 1. The molecule has 0 bridgehead atoms. The first kappa shape index (κ1) is 15.1. The van der Waals surface area contributed by atoms with Crippen LogP contribution in [0.5, 0.6) is 0 Å². The molecule has 2 heterocycles. The Morgan fingerprint density at radius 2 is 2.05 bits per heavy atom. The van der Waals surface area contributed by atoms with E-state index in [-0.39, 0.29) is 5.02 Å². The number of rotatable bonds is 2. The van der Waals surface area contributed by atoms with Crippen molar-refractivity contribution in [1.29, 1.82) is 0 Å². The molecule has 0 aromatic heterocycles. The highest BCUT2D eigenvalue weighted by molar-refractivity contribution is 6.30. The van der Waals surface area contributed by atoms with E-state index in [1.165, 1.54) is 6.07 Å². The van der Waals surface area contributed by atoms with Gasteiger partial charge in [0.25, 0.3) is 0 Å². The van der Waals surface area contributed by atoms with Gasteiger partial charge in [-0.3, -0.25) is 4.90 Å². The third-order valence-corrected chi connectivity index (χ3v) is 4.76. The van der Waals surface area contributed by atoms with Crippen molar-refractivity contribution in [2.75, 3.05) is 26.2 Å². The summed E-state index contributed by atoms with van der Waals surface area (Å²) in [6.45, 7) is 4.49. The van der Waals surface area contributed by atoms with E-state index in [0.29, 0.717) is 17.5 Å². The molecule has 1 N–H and O–H groups in total. The minimum absolute atomic E-state index is 0.149. The van der Waals surface area contributed by atoms with Crippen molar-refractivity contribution < 1.29 is 13.2 Å². The van der Waals surface area contributed by atoms with Gasteiger partial charge in [0.2, 0.25) is 0 Å². The molecule has 21 heavy (non-hydrogen) atoms. The number of nitrogens with one attached hydrogen (secondary N) is 1. The monoisotopic (exact) mass is 318 g/mol. The number of halogens is 4. The molecular weight excluding hydrogens is 301 g/mol. The molecule has 1 spiro atoms. The smallest absolute Gasteiger partial charge is 0.316 e. The average molecular weight is 319 g/mol. The van der Waals surface area contributed by atoms with Crippen molar-refractivity contribution in [1.82, 2.24) is 10.2 Å². The van der Waals surface area contributed by atoms with Gasteiger partial charge in [-0.2, -0.15) is 13.2 Å². The first-order valence-electron chi connectivity index (χ1n) is 7.16. The minimum Gasteiger partial charge on any atom is -0.316 e. The lowest BCUT2D eigenvalue weighted by atomic mass is 9.86. The highest BCUT2D eigenvalue weighted by Crippen LogP contribution is 2.37. The van der Waals surface area contributed by atoms with E-state index >= 15 is 0 Å². The summed E-state index contributed by atoms with van der Waals surface area (Å²) >= 11 is 5.83. The summed E-state index contributed by atoms with van der Waals surface area (Å²) in [6, 6.07) is 3.83. The molecule has 116 valence electrons. The maximum absolute atomic E-state index is 12.8. The molecule has 2 aliphatic heterocycles. The summed E-state index contributed by atoms with van der Waals surface area (Å²) in [6.07, 6.45) is -2.07. The number of hydrogen-bond acceptors (Lipinski definition) is 2. The highest BCUT2D eigenvalue weighted by atomic mass is 35.5. The predicted molar refractivity (Wildman–Crippen MR) is 76.3 cm³/mol. The predicted octanol–water partition coefficient (Wildman–Crippen LogP) is 3.54. The number of benzene rings is 1. The van der Waals surface area contributed by atoms with Crippen LogP contribution in [0.3, 0.4) is 0 Å². The molecule has 2 nitrogen and oxygen atoms in total. The molecule has 1 unspecified atom stereocenters. The van der Waals surface area contributed by atoms with Crippen LogP contribution in [0.4, 0.5) is 13.2 Å². The third kappa shape index (κ3) is 3.35. The maximum atomic E-state index is 12.8. The van der Waals surface area contributed by atoms with Crippen LogP contribution >= 0.6 is 11.6 Å². The molecule has 1 atom stereocenters. The summed E-state index contributed by atoms with van der Waals surface area (Å²) in [4.78, 5) is 2.23. The van der Waals surface area contributed by atoms with Gasteiger partial charge in [0.1, 0.15) is 0 Å². The Hall–Kier alpha value is -0.780. The van der Waals surface area contributed by atoms with Crippen molar-refractivity contribution in [3.63, 3.8) is 0 Å². The van der Waals surface area contributed by atoms with Crippen molar-refractivity contribution >= 4 is 11.6 Å². The molecule has 0 saturated carbocycles. The molecule has 1 aromatic rings. The molecule has 1 aromatic carbocycles. The summed E-state index contributed by atoms with van der Waals surface area (Å²) in [5, 5.41) is 3.53. The highest BCUT2D eigenvalue weighted by Gasteiger charge is 2.40. The van der Waals surface area contributed by atoms with E-state index in [1.54, 1.807) is 6.07 Å². The molecule has 0 radical (unpaired) electrons. The second kappa shape index (κ2) is 5.45. The Bertz CT molecular complexity index is 524. The largest absolute Gasteiger partial charge is 0.416 e. The average Bonchev–Trinajstić information content (AvgIpc) is 2.99. The van der Waals surface area contributed by atoms with E-state index in [1.807, 2.05) is 0 Å². The van der Waals surface area contributed by atoms with Crippen LogP contribution < -0.4 is 5.32 Å². The summed E-state index contributed by atoms with van der Waals surface area (Å²) in [7, 11) is 0. The second-order valence-electron chi connectivity index (χ2n) is 6.23. The number of likely N-dealkylation sites (tertiary alicyclic amines) is 1. The fraction of sp³-hybridized carbons (Fsp3) is 0.600. The fourth-order valence-corrected chi connectivity index (χ4v) is 3.73. The Kier molecular flexibility index (Phi) is 3.93. The van der Waals surface area contributed by atoms with Crippen LogP contribution in [0.2, 0.25) is 5.02 Å². The van der Waals surface area contributed by atoms with Gasteiger partial charge in [-0.05, 0) is 55.1 Å². The van der Waals surface area contributed by atoms with E-state index < -0.39 is 11.7 Å². The van der Waals surface area contributed by atoms with Crippen molar-refractivity contribution in [2.45, 2.75) is 25.6 Å². The Morgan fingerprint density at radius 3 is 2.71 bits per heavy atom. The minimum atomic E-state index is -4.35. The standard InChI is InChI=1S/C15H18ClF3N2/c16-13-6-11(5-12(7-13)15(17,18)19)8-21-4-2-14(10-21)1-3-20-9-14/h5-7,20H,1-4,8-10H2. The Balaban J connectivity index is 1.72. The Labute approximate surface area is 127 Å². The van der Waals surface area contributed by atoms with Crippen LogP contribution in [-0.2, 0) is 12.7 Å². The normalized spacial score (nSPS) is 26.9. The lowest BCUT2D eigenvalue weighted by Gasteiger charge is -2.23. The van der Waals surface area contributed by atoms with Gasteiger partial charge >= 0.3 is 6.18 Å². The van der Waals surface area contributed by atoms with Crippen LogP contribution in [0, 0.1) is 5.41 Å². The Morgan fingerprint density at radius 1 is 1.24 bits per heavy atom.